The molecule has 3 aliphatic heterocycles. The maximum atomic E-state index is 9.42. The van der Waals surface area contributed by atoms with Crippen LogP contribution in [0.25, 0.3) is 0 Å². The zero-order chi connectivity index (χ0) is 31.2. The minimum Gasteiger partial charge on any atom is -0.370 e. The molecule has 0 unspecified atom stereocenters. The van der Waals surface area contributed by atoms with Gasteiger partial charge in [-0.3, -0.25) is 15.3 Å². The van der Waals surface area contributed by atoms with Crippen LogP contribution in [0.3, 0.4) is 0 Å². The molecule has 2 saturated heterocycles. The van der Waals surface area contributed by atoms with Crippen LogP contribution < -0.4 is 5.73 Å². The lowest BCUT2D eigenvalue weighted by molar-refractivity contribution is 0.151. The molecule has 0 spiro atoms. The molecule has 7 nitrogen and oxygen atoms in total. The molecule has 0 saturated carbocycles. The van der Waals surface area contributed by atoms with Crippen molar-refractivity contribution in [3.63, 3.8) is 0 Å². The van der Waals surface area contributed by atoms with Crippen molar-refractivity contribution in [2.24, 2.45) is 16.6 Å². The summed E-state index contributed by atoms with van der Waals surface area (Å²) in [6.45, 7) is 12.4. The van der Waals surface area contributed by atoms with Crippen LogP contribution in [0.4, 0.5) is 0 Å². The molecule has 5 rings (SSSR count). The van der Waals surface area contributed by atoms with Gasteiger partial charge in [-0.1, -0.05) is 93.2 Å². The van der Waals surface area contributed by atoms with Gasteiger partial charge in [-0.25, -0.2) is 0 Å². The van der Waals surface area contributed by atoms with Gasteiger partial charge in [-0.05, 0) is 67.8 Å². The van der Waals surface area contributed by atoms with Gasteiger partial charge in [-0.15, -0.1) is 0 Å². The highest BCUT2D eigenvalue weighted by Crippen LogP contribution is 2.30. The van der Waals surface area contributed by atoms with Crippen molar-refractivity contribution in [3.8, 4) is 0 Å². The monoisotopic (exact) mass is 639 g/mol. The van der Waals surface area contributed by atoms with Crippen LogP contribution in [0.2, 0.25) is 10.0 Å². The van der Waals surface area contributed by atoms with Gasteiger partial charge in [0.1, 0.15) is 0 Å². The van der Waals surface area contributed by atoms with Gasteiger partial charge in [0.2, 0.25) is 0 Å². The van der Waals surface area contributed by atoms with Crippen molar-refractivity contribution in [2.45, 2.75) is 89.9 Å². The Morgan fingerprint density at radius 2 is 1.82 bits per heavy atom. The maximum Gasteiger partial charge on any atom is 0.194 e. The number of nitrogens with two attached hydrogens (primary N) is 1. The molecular weight excluding hydrogens is 589 g/mol. The van der Waals surface area contributed by atoms with Crippen molar-refractivity contribution in [2.75, 3.05) is 39.3 Å². The second-order valence-electron chi connectivity index (χ2n) is 13.0. The van der Waals surface area contributed by atoms with Crippen molar-refractivity contribution in [1.82, 2.24) is 19.6 Å². The van der Waals surface area contributed by atoms with E-state index in [2.05, 4.69) is 81.8 Å². The second kappa shape index (κ2) is 15.2. The largest absolute Gasteiger partial charge is 0.370 e. The summed E-state index contributed by atoms with van der Waals surface area (Å²) in [4.78, 5) is 14.5. The highest BCUT2D eigenvalue weighted by Gasteiger charge is 2.41. The summed E-state index contributed by atoms with van der Waals surface area (Å²) in [6, 6.07) is 18.0. The normalized spacial score (nSPS) is 23.9. The number of rotatable bonds is 14. The fourth-order valence-corrected chi connectivity index (χ4v) is 7.72. The van der Waals surface area contributed by atoms with Crippen LogP contribution in [-0.4, -0.2) is 95.0 Å². The average molecular weight is 641 g/mol. The third-order valence-electron chi connectivity index (χ3n) is 10.2. The summed E-state index contributed by atoms with van der Waals surface area (Å²) in [7, 11) is 0. The summed E-state index contributed by atoms with van der Waals surface area (Å²) in [5.74, 6) is 1.89. The molecule has 2 fully saturated rings. The standard InChI is InChI=1S/C35H51Cl2N7/c1-4-10-29(44-24-33(25(3)5-2)42(35(44)39)18-16-27-14-15-31(36)32(37)20-27)22-41-17-9-13-28(41)23-43-30(21-40-34(43)38)19-26-11-7-6-8-12-26/h6-8,11-12,14-15,20,25,28-30,33,39H,4-5,9-10,13,16-19,21-24H2,1-3H3,(H2,38,40)/t25-,28+,29+,30+,33+/m1/s1. The Morgan fingerprint density at radius 1 is 1.02 bits per heavy atom. The van der Waals surface area contributed by atoms with Crippen LogP contribution in [0.5, 0.6) is 0 Å². The Labute approximate surface area is 274 Å². The number of likely N-dealkylation sites (tertiary alicyclic amines) is 1. The van der Waals surface area contributed by atoms with E-state index in [4.69, 9.17) is 28.9 Å². The summed E-state index contributed by atoms with van der Waals surface area (Å²) in [5, 5.41) is 10.6. The Bertz CT molecular complexity index is 1270. The molecule has 3 aliphatic rings. The van der Waals surface area contributed by atoms with E-state index in [-0.39, 0.29) is 0 Å². The van der Waals surface area contributed by atoms with Crippen molar-refractivity contribution < 1.29 is 0 Å². The SMILES string of the molecule is CCC[C@@H](CN1CCC[C@H]1CN1C(N)=NC[C@@H]1Cc1ccccc1)N1C[C@@H]([C@H](C)CC)N(CCc2ccc(Cl)c(Cl)c2)C1=N. The topological polar surface area (TPSA) is 75.2 Å². The summed E-state index contributed by atoms with van der Waals surface area (Å²) in [5.41, 5.74) is 8.97. The van der Waals surface area contributed by atoms with Gasteiger partial charge in [0, 0.05) is 38.3 Å². The zero-order valence-electron chi connectivity index (χ0n) is 26.8. The molecule has 0 radical (unpaired) electrons. The lowest BCUT2D eigenvalue weighted by atomic mass is 9.98. The molecule has 5 atom stereocenters. The number of hydrogen-bond acceptors (Lipinski definition) is 5. The predicted octanol–water partition coefficient (Wildman–Crippen LogP) is 6.38. The third kappa shape index (κ3) is 7.66. The first-order chi connectivity index (χ1) is 21.3. The Hall–Kier alpha value is -2.48. The minimum absolute atomic E-state index is 0.318. The molecule has 2 aromatic carbocycles. The van der Waals surface area contributed by atoms with Crippen LogP contribution >= 0.6 is 23.2 Å². The van der Waals surface area contributed by atoms with Gasteiger partial charge in [-0.2, -0.15) is 0 Å². The van der Waals surface area contributed by atoms with E-state index >= 15 is 0 Å². The number of halogens is 2. The molecule has 0 aromatic heterocycles. The predicted molar refractivity (Wildman–Crippen MR) is 185 cm³/mol. The Morgan fingerprint density at radius 3 is 2.55 bits per heavy atom. The lowest BCUT2D eigenvalue weighted by Crippen LogP contribution is -2.52. The van der Waals surface area contributed by atoms with E-state index in [0.717, 1.165) is 76.9 Å². The van der Waals surface area contributed by atoms with Gasteiger partial charge < -0.3 is 20.4 Å². The maximum absolute atomic E-state index is 9.42. The van der Waals surface area contributed by atoms with Crippen molar-refractivity contribution in [3.05, 3.63) is 69.7 Å². The van der Waals surface area contributed by atoms with Crippen LogP contribution in [0.15, 0.2) is 53.5 Å². The minimum atomic E-state index is 0.318. The fraction of sp³-hybridized carbons (Fsp3) is 0.600. The van der Waals surface area contributed by atoms with E-state index in [0.29, 0.717) is 52.0 Å². The number of nitrogens with zero attached hydrogens (tertiary/aromatic N) is 5. The fourth-order valence-electron chi connectivity index (χ4n) is 7.40. The lowest BCUT2D eigenvalue weighted by Gasteiger charge is -2.37. The quantitative estimate of drug-likeness (QED) is 0.251. The first-order valence-corrected chi connectivity index (χ1v) is 17.4. The van der Waals surface area contributed by atoms with E-state index < -0.39 is 0 Å². The Balaban J connectivity index is 1.26. The molecule has 3 N–H and O–H groups in total. The third-order valence-corrected chi connectivity index (χ3v) is 10.9. The number of aliphatic imine (C=N–C) groups is 1. The van der Waals surface area contributed by atoms with Gasteiger partial charge in [0.15, 0.2) is 11.9 Å². The Kier molecular flexibility index (Phi) is 11.4. The molecule has 0 aliphatic carbocycles. The molecule has 9 heteroatoms. The number of guanidine groups is 2. The summed E-state index contributed by atoms with van der Waals surface area (Å²) >= 11 is 12.5. The number of hydrogen-bond donors (Lipinski definition) is 2. The first kappa shape index (κ1) is 32.9. The highest BCUT2D eigenvalue weighted by molar-refractivity contribution is 6.42. The van der Waals surface area contributed by atoms with Gasteiger partial charge in [0.05, 0.1) is 28.7 Å². The van der Waals surface area contributed by atoms with E-state index in [1.807, 2.05) is 12.1 Å². The van der Waals surface area contributed by atoms with Crippen molar-refractivity contribution >= 4 is 35.1 Å². The molecule has 240 valence electrons. The highest BCUT2D eigenvalue weighted by atomic mass is 35.5. The molecule has 3 heterocycles. The molecule has 44 heavy (non-hydrogen) atoms. The average Bonchev–Trinajstić information content (AvgIpc) is 3.71. The van der Waals surface area contributed by atoms with E-state index in [1.54, 1.807) is 0 Å². The van der Waals surface area contributed by atoms with E-state index in [9.17, 15) is 5.41 Å². The summed E-state index contributed by atoms with van der Waals surface area (Å²) < 4.78 is 0. The first-order valence-electron chi connectivity index (χ1n) is 16.7. The van der Waals surface area contributed by atoms with Crippen LogP contribution in [0.1, 0.15) is 64.0 Å². The van der Waals surface area contributed by atoms with Crippen molar-refractivity contribution in [1.29, 1.82) is 5.41 Å². The smallest absolute Gasteiger partial charge is 0.194 e. The molecule has 0 amide bonds. The van der Waals surface area contributed by atoms with Crippen LogP contribution in [0, 0.1) is 11.3 Å². The molecule has 2 aromatic rings. The molecule has 0 bridgehead atoms. The van der Waals surface area contributed by atoms with E-state index in [1.165, 1.54) is 18.4 Å². The summed E-state index contributed by atoms with van der Waals surface area (Å²) in [6.07, 6.45) is 7.50. The molecular formula is C35H51Cl2N7. The number of nitrogens with one attached hydrogen (secondary N) is 1. The second-order valence-corrected chi connectivity index (χ2v) is 13.9. The van der Waals surface area contributed by atoms with Gasteiger partial charge in [0.25, 0.3) is 0 Å². The van der Waals surface area contributed by atoms with Gasteiger partial charge >= 0.3 is 0 Å². The van der Waals surface area contributed by atoms with Crippen LogP contribution in [-0.2, 0) is 12.8 Å². The zero-order valence-corrected chi connectivity index (χ0v) is 28.3. The number of benzene rings is 2.